The Morgan fingerprint density at radius 2 is 1.92 bits per heavy atom. The van der Waals surface area contributed by atoms with Crippen LogP contribution in [0.15, 0.2) is 42.5 Å². The fourth-order valence-electron chi connectivity index (χ4n) is 2.46. The van der Waals surface area contributed by atoms with E-state index in [1.54, 1.807) is 18.2 Å². The minimum Gasteiger partial charge on any atom is -0.496 e. The Labute approximate surface area is 152 Å². The highest BCUT2D eigenvalue weighted by molar-refractivity contribution is 6.31. The first-order chi connectivity index (χ1) is 11.4. The molecule has 2 aromatic rings. The molecule has 0 aromatic heterocycles. The average Bonchev–Trinajstić information content (AvgIpc) is 2.56. The van der Waals surface area contributed by atoms with Crippen molar-refractivity contribution in [1.29, 1.82) is 0 Å². The van der Waals surface area contributed by atoms with Crippen molar-refractivity contribution in [3.05, 3.63) is 63.6 Å². The van der Waals surface area contributed by atoms with Gasteiger partial charge in [0.05, 0.1) is 18.7 Å². The summed E-state index contributed by atoms with van der Waals surface area (Å²) in [7, 11) is 5.41. The third-order valence-electron chi connectivity index (χ3n) is 3.75. The molecule has 0 radical (unpaired) electrons. The van der Waals surface area contributed by atoms with Gasteiger partial charge in [-0.25, -0.2) is 0 Å². The normalized spacial score (nSPS) is 12.1. The SMILES string of the molecule is COc1ccc(Cl)cc1C(=O)NCC(c1ccccc1Cl)N(C)C. The zero-order valence-corrected chi connectivity index (χ0v) is 15.4. The van der Waals surface area contributed by atoms with E-state index in [2.05, 4.69) is 5.32 Å². The predicted octanol–water partition coefficient (Wildman–Crippen LogP) is 4.03. The van der Waals surface area contributed by atoms with E-state index < -0.39 is 0 Å². The van der Waals surface area contributed by atoms with Crippen LogP contribution in [0.4, 0.5) is 0 Å². The first kappa shape index (κ1) is 18.6. The molecule has 128 valence electrons. The number of nitrogens with zero attached hydrogens (tertiary/aromatic N) is 1. The van der Waals surface area contributed by atoms with Gasteiger partial charge in [0.1, 0.15) is 5.75 Å². The summed E-state index contributed by atoms with van der Waals surface area (Å²) in [6, 6.07) is 12.5. The number of amides is 1. The summed E-state index contributed by atoms with van der Waals surface area (Å²) < 4.78 is 5.23. The Bertz CT molecular complexity index is 720. The smallest absolute Gasteiger partial charge is 0.255 e. The summed E-state index contributed by atoms with van der Waals surface area (Å²) >= 11 is 12.3. The quantitative estimate of drug-likeness (QED) is 0.838. The second kappa shape index (κ2) is 8.38. The van der Waals surface area contributed by atoms with Gasteiger partial charge in [0, 0.05) is 16.6 Å². The van der Waals surface area contributed by atoms with Crippen LogP contribution in [-0.2, 0) is 0 Å². The van der Waals surface area contributed by atoms with Gasteiger partial charge >= 0.3 is 0 Å². The Morgan fingerprint density at radius 3 is 2.54 bits per heavy atom. The van der Waals surface area contributed by atoms with Crippen molar-refractivity contribution in [3.63, 3.8) is 0 Å². The maximum Gasteiger partial charge on any atom is 0.255 e. The average molecular weight is 367 g/mol. The fourth-order valence-corrected chi connectivity index (χ4v) is 2.89. The summed E-state index contributed by atoms with van der Waals surface area (Å²) in [5.74, 6) is 0.240. The number of halogens is 2. The minimum absolute atomic E-state index is 0.0483. The molecule has 6 heteroatoms. The Morgan fingerprint density at radius 1 is 1.21 bits per heavy atom. The largest absolute Gasteiger partial charge is 0.496 e. The van der Waals surface area contributed by atoms with E-state index in [0.29, 0.717) is 27.9 Å². The van der Waals surface area contributed by atoms with Gasteiger partial charge in [0.15, 0.2) is 0 Å². The number of carbonyl (C=O) groups excluding carboxylic acids is 1. The van der Waals surface area contributed by atoms with Gasteiger partial charge in [-0.3, -0.25) is 4.79 Å². The van der Waals surface area contributed by atoms with Crippen LogP contribution in [0.1, 0.15) is 22.0 Å². The van der Waals surface area contributed by atoms with Gasteiger partial charge in [-0.05, 0) is 43.9 Å². The molecular formula is C18H20Cl2N2O2. The maximum atomic E-state index is 12.5. The van der Waals surface area contributed by atoms with E-state index in [1.165, 1.54) is 7.11 Å². The molecule has 2 rings (SSSR count). The molecule has 4 nitrogen and oxygen atoms in total. The topological polar surface area (TPSA) is 41.6 Å². The van der Waals surface area contributed by atoms with Crippen molar-refractivity contribution >= 4 is 29.1 Å². The molecular weight excluding hydrogens is 347 g/mol. The molecule has 24 heavy (non-hydrogen) atoms. The number of methoxy groups -OCH3 is 1. The molecule has 1 atom stereocenters. The van der Waals surface area contributed by atoms with E-state index in [0.717, 1.165) is 5.56 Å². The second-order valence-corrected chi connectivity index (χ2v) is 6.40. The Hall–Kier alpha value is -1.75. The highest BCUT2D eigenvalue weighted by Gasteiger charge is 2.19. The van der Waals surface area contributed by atoms with Gasteiger partial charge in [0.2, 0.25) is 0 Å². The number of nitrogens with one attached hydrogen (secondary N) is 1. The molecule has 0 aliphatic carbocycles. The maximum absolute atomic E-state index is 12.5. The number of benzene rings is 2. The Kier molecular flexibility index (Phi) is 6.49. The third kappa shape index (κ3) is 4.41. The molecule has 0 bridgehead atoms. The zero-order chi connectivity index (χ0) is 17.7. The van der Waals surface area contributed by atoms with Crippen molar-refractivity contribution in [1.82, 2.24) is 10.2 Å². The van der Waals surface area contributed by atoms with Gasteiger partial charge in [0.25, 0.3) is 5.91 Å². The molecule has 0 saturated heterocycles. The molecule has 0 heterocycles. The molecule has 0 aliphatic rings. The summed E-state index contributed by atoms with van der Waals surface area (Å²) in [4.78, 5) is 14.5. The number of hydrogen-bond acceptors (Lipinski definition) is 3. The fraction of sp³-hybridized carbons (Fsp3) is 0.278. The predicted molar refractivity (Wildman–Crippen MR) is 98.2 cm³/mol. The van der Waals surface area contributed by atoms with Crippen LogP contribution in [-0.4, -0.2) is 38.6 Å². The molecule has 0 aliphatic heterocycles. The van der Waals surface area contributed by atoms with Crippen LogP contribution in [0.3, 0.4) is 0 Å². The van der Waals surface area contributed by atoms with Crippen LogP contribution >= 0.6 is 23.2 Å². The summed E-state index contributed by atoms with van der Waals surface area (Å²) in [5, 5.41) is 4.08. The van der Waals surface area contributed by atoms with Crippen molar-refractivity contribution < 1.29 is 9.53 Å². The van der Waals surface area contributed by atoms with Crippen LogP contribution in [0.5, 0.6) is 5.75 Å². The highest BCUT2D eigenvalue weighted by atomic mass is 35.5. The third-order valence-corrected chi connectivity index (χ3v) is 4.33. The number of hydrogen-bond donors (Lipinski definition) is 1. The zero-order valence-electron chi connectivity index (χ0n) is 13.8. The number of carbonyl (C=O) groups is 1. The lowest BCUT2D eigenvalue weighted by Gasteiger charge is -2.26. The molecule has 1 unspecified atom stereocenters. The van der Waals surface area contributed by atoms with E-state index in [9.17, 15) is 4.79 Å². The van der Waals surface area contributed by atoms with Crippen molar-refractivity contribution in [2.45, 2.75) is 6.04 Å². The molecule has 0 spiro atoms. The van der Waals surface area contributed by atoms with Crippen LogP contribution < -0.4 is 10.1 Å². The van der Waals surface area contributed by atoms with E-state index in [4.69, 9.17) is 27.9 Å². The lowest BCUT2D eigenvalue weighted by atomic mass is 10.1. The van der Waals surface area contributed by atoms with Crippen LogP contribution in [0, 0.1) is 0 Å². The van der Waals surface area contributed by atoms with Crippen molar-refractivity contribution in [3.8, 4) is 5.75 Å². The van der Waals surface area contributed by atoms with Crippen molar-refractivity contribution in [2.24, 2.45) is 0 Å². The second-order valence-electron chi connectivity index (χ2n) is 5.56. The monoisotopic (exact) mass is 366 g/mol. The van der Waals surface area contributed by atoms with E-state index in [-0.39, 0.29) is 11.9 Å². The standard InChI is InChI=1S/C18H20Cl2N2O2/c1-22(2)16(13-6-4-5-7-15(13)20)11-21-18(23)14-10-12(19)8-9-17(14)24-3/h4-10,16H,11H2,1-3H3,(H,21,23). The number of ether oxygens (including phenoxy) is 1. The molecule has 0 fully saturated rings. The lowest BCUT2D eigenvalue weighted by molar-refractivity contribution is 0.0939. The summed E-state index contributed by atoms with van der Waals surface area (Å²) in [6.07, 6.45) is 0. The minimum atomic E-state index is -0.242. The van der Waals surface area contributed by atoms with Crippen LogP contribution in [0.25, 0.3) is 0 Å². The van der Waals surface area contributed by atoms with Crippen LogP contribution in [0.2, 0.25) is 10.0 Å². The van der Waals surface area contributed by atoms with E-state index in [1.807, 2.05) is 43.3 Å². The first-order valence-electron chi connectivity index (χ1n) is 7.46. The first-order valence-corrected chi connectivity index (χ1v) is 8.22. The van der Waals surface area contributed by atoms with Gasteiger partial charge in [-0.2, -0.15) is 0 Å². The van der Waals surface area contributed by atoms with E-state index >= 15 is 0 Å². The highest BCUT2D eigenvalue weighted by Crippen LogP contribution is 2.26. The van der Waals surface area contributed by atoms with Gasteiger partial charge in [-0.1, -0.05) is 41.4 Å². The van der Waals surface area contributed by atoms with Gasteiger partial charge < -0.3 is 15.0 Å². The molecule has 1 amide bonds. The number of likely N-dealkylation sites (N-methyl/N-ethyl adjacent to an activating group) is 1. The molecule has 2 aromatic carbocycles. The lowest BCUT2D eigenvalue weighted by Crippen LogP contribution is -2.34. The number of rotatable bonds is 6. The molecule has 0 saturated carbocycles. The van der Waals surface area contributed by atoms with Crippen molar-refractivity contribution in [2.75, 3.05) is 27.7 Å². The Balaban J connectivity index is 2.17. The summed E-state index contributed by atoms with van der Waals surface area (Å²) in [5.41, 5.74) is 1.36. The van der Waals surface area contributed by atoms with Gasteiger partial charge in [-0.15, -0.1) is 0 Å². The summed E-state index contributed by atoms with van der Waals surface area (Å²) in [6.45, 7) is 0.408. The molecule has 1 N–H and O–H groups in total.